The number of Topliss-reactive ketones (excluding diaryl/α,β-unsaturated/α-hetero) is 1. The molecule has 1 unspecified atom stereocenters. The molecule has 1 fully saturated rings. The predicted molar refractivity (Wildman–Crippen MR) is 83.3 cm³/mol. The Kier molecular flexibility index (Phi) is 4.57. The Morgan fingerprint density at radius 3 is 2.15 bits per heavy atom. The van der Waals surface area contributed by atoms with E-state index in [-0.39, 0.29) is 24.1 Å². The third-order valence-electron chi connectivity index (χ3n) is 4.90. The molecule has 0 spiro atoms. The van der Waals surface area contributed by atoms with Crippen LogP contribution in [0.15, 0.2) is 12.2 Å². The number of ketones is 1. The van der Waals surface area contributed by atoms with Crippen molar-refractivity contribution in [3.05, 3.63) is 12.2 Å². The first-order valence-electron chi connectivity index (χ1n) is 7.83. The van der Waals surface area contributed by atoms with Crippen molar-refractivity contribution in [1.29, 1.82) is 0 Å². The predicted octanol–water partition coefficient (Wildman–Crippen LogP) is 3.84. The van der Waals surface area contributed by atoms with Crippen LogP contribution in [0.3, 0.4) is 0 Å². The Bertz CT molecular complexity index is 379. The van der Waals surface area contributed by atoms with Crippen molar-refractivity contribution in [2.75, 3.05) is 0 Å². The van der Waals surface area contributed by atoms with Gasteiger partial charge in [0.2, 0.25) is 8.32 Å². The van der Waals surface area contributed by atoms with Crippen molar-refractivity contribution in [2.24, 2.45) is 0 Å². The highest BCUT2D eigenvalue weighted by Gasteiger charge is 2.50. The number of hydrogen-bond acceptors (Lipinski definition) is 3. The minimum absolute atomic E-state index is 0.0134. The van der Waals surface area contributed by atoms with Gasteiger partial charge in [0.1, 0.15) is 12.2 Å². The first kappa shape index (κ1) is 15.9. The van der Waals surface area contributed by atoms with Crippen LogP contribution in [-0.4, -0.2) is 32.4 Å². The van der Waals surface area contributed by atoms with Gasteiger partial charge in [-0.05, 0) is 16.6 Å². The second-order valence-electron chi connectivity index (χ2n) is 7.05. The van der Waals surface area contributed by atoms with Crippen LogP contribution in [-0.2, 0) is 14.0 Å². The van der Waals surface area contributed by atoms with Gasteiger partial charge in [-0.15, -0.1) is 0 Å². The van der Waals surface area contributed by atoms with Gasteiger partial charge in [0.05, 0.1) is 6.10 Å². The van der Waals surface area contributed by atoms with E-state index in [1.54, 1.807) is 0 Å². The van der Waals surface area contributed by atoms with Gasteiger partial charge in [0.15, 0.2) is 5.78 Å². The maximum Gasteiger partial charge on any atom is 0.201 e. The van der Waals surface area contributed by atoms with Crippen LogP contribution in [0.25, 0.3) is 0 Å². The van der Waals surface area contributed by atoms with E-state index < -0.39 is 8.32 Å². The smallest absolute Gasteiger partial charge is 0.201 e. The standard InChI is InChI=1S/C16H28O3Si/c1-10(2)20(11(3)4,12(5)6)19-16-14(17)9-13-7-8-15(16)18-13/h7-8,10-13,15-16H,9H2,1-6H3/t13-,15+,16?/m1/s1. The highest BCUT2D eigenvalue weighted by atomic mass is 28.4. The second kappa shape index (κ2) is 5.74. The second-order valence-corrected chi connectivity index (χ2v) is 12.5. The SMILES string of the molecule is CC(C)[Si](OC1C(=O)C[C@H]2C=C[C@@H]1O2)(C(C)C)C(C)C. The van der Waals surface area contributed by atoms with Crippen molar-refractivity contribution in [3.8, 4) is 0 Å². The van der Waals surface area contributed by atoms with Crippen molar-refractivity contribution >= 4 is 14.1 Å². The highest BCUT2D eigenvalue weighted by Crippen LogP contribution is 2.44. The van der Waals surface area contributed by atoms with E-state index in [4.69, 9.17) is 9.16 Å². The largest absolute Gasteiger partial charge is 0.403 e. The van der Waals surface area contributed by atoms with Crippen LogP contribution in [0.5, 0.6) is 0 Å². The van der Waals surface area contributed by atoms with E-state index in [0.717, 1.165) is 0 Å². The lowest BCUT2D eigenvalue weighted by Crippen LogP contribution is -2.55. The van der Waals surface area contributed by atoms with E-state index in [1.807, 2.05) is 12.2 Å². The zero-order valence-corrected chi connectivity index (χ0v) is 14.6. The molecule has 2 rings (SSSR count). The number of carbonyl (C=O) groups excluding carboxylic acids is 1. The Balaban J connectivity index is 2.27. The average molecular weight is 296 g/mol. The normalized spacial score (nSPS) is 30.1. The summed E-state index contributed by atoms with van der Waals surface area (Å²) in [6.45, 7) is 13.5. The summed E-state index contributed by atoms with van der Waals surface area (Å²) in [4.78, 5) is 12.4. The van der Waals surface area contributed by atoms with E-state index in [1.165, 1.54) is 0 Å². The lowest BCUT2D eigenvalue weighted by atomic mass is 10.1. The number of fused-ring (bicyclic) bond motifs is 2. The lowest BCUT2D eigenvalue weighted by molar-refractivity contribution is -0.143. The van der Waals surface area contributed by atoms with Crippen LogP contribution in [0.4, 0.5) is 0 Å². The molecule has 4 heteroatoms. The summed E-state index contributed by atoms with van der Waals surface area (Å²) in [6, 6.07) is 0. The van der Waals surface area contributed by atoms with Gasteiger partial charge in [-0.2, -0.15) is 0 Å². The van der Waals surface area contributed by atoms with Gasteiger partial charge in [-0.25, -0.2) is 0 Å². The Morgan fingerprint density at radius 2 is 1.65 bits per heavy atom. The summed E-state index contributed by atoms with van der Waals surface area (Å²) < 4.78 is 12.4. The summed E-state index contributed by atoms with van der Waals surface area (Å²) in [5, 5.41) is 0. The molecule has 114 valence electrons. The molecule has 0 aromatic heterocycles. The van der Waals surface area contributed by atoms with Gasteiger partial charge < -0.3 is 9.16 Å². The highest BCUT2D eigenvalue weighted by molar-refractivity contribution is 6.77. The van der Waals surface area contributed by atoms with E-state index in [2.05, 4.69) is 41.5 Å². The average Bonchev–Trinajstić information content (AvgIpc) is 2.71. The molecule has 0 saturated carbocycles. The zero-order chi connectivity index (χ0) is 15.1. The third-order valence-corrected chi connectivity index (χ3v) is 11.0. The van der Waals surface area contributed by atoms with Crippen LogP contribution in [0, 0.1) is 0 Å². The maximum atomic E-state index is 12.4. The molecule has 0 radical (unpaired) electrons. The summed E-state index contributed by atoms with van der Waals surface area (Å²) in [5.41, 5.74) is 1.45. The fourth-order valence-electron chi connectivity index (χ4n) is 4.07. The van der Waals surface area contributed by atoms with Gasteiger partial charge in [0, 0.05) is 6.42 Å². The lowest BCUT2D eigenvalue weighted by Gasteiger charge is -2.45. The molecular formula is C16H28O3Si. The molecule has 3 nitrogen and oxygen atoms in total. The zero-order valence-electron chi connectivity index (χ0n) is 13.6. The van der Waals surface area contributed by atoms with E-state index in [0.29, 0.717) is 23.0 Å². The molecule has 2 heterocycles. The molecule has 0 aromatic rings. The Morgan fingerprint density at radius 1 is 1.10 bits per heavy atom. The molecule has 2 aliphatic heterocycles. The molecular weight excluding hydrogens is 268 g/mol. The summed E-state index contributed by atoms with van der Waals surface area (Å²) in [5.74, 6) is 0.218. The molecule has 2 bridgehead atoms. The molecule has 0 amide bonds. The van der Waals surface area contributed by atoms with Gasteiger partial charge in [-0.1, -0.05) is 53.7 Å². The van der Waals surface area contributed by atoms with Crippen LogP contribution >= 0.6 is 0 Å². The fourth-order valence-corrected chi connectivity index (χ4v) is 9.59. The third kappa shape index (κ3) is 2.53. The number of ether oxygens (including phenoxy) is 1. The fraction of sp³-hybridized carbons (Fsp3) is 0.812. The maximum absolute atomic E-state index is 12.4. The van der Waals surface area contributed by atoms with Crippen molar-refractivity contribution in [1.82, 2.24) is 0 Å². The summed E-state index contributed by atoms with van der Waals surface area (Å²) in [7, 11) is -2.03. The van der Waals surface area contributed by atoms with Gasteiger partial charge >= 0.3 is 0 Å². The van der Waals surface area contributed by atoms with Crippen LogP contribution in [0.1, 0.15) is 48.0 Å². The van der Waals surface area contributed by atoms with E-state index in [9.17, 15) is 4.79 Å². The van der Waals surface area contributed by atoms with Crippen molar-refractivity contribution in [3.63, 3.8) is 0 Å². The van der Waals surface area contributed by atoms with Gasteiger partial charge in [0.25, 0.3) is 0 Å². The number of carbonyl (C=O) groups is 1. The quantitative estimate of drug-likeness (QED) is 0.571. The number of hydrogen-bond donors (Lipinski definition) is 0. The molecule has 0 N–H and O–H groups in total. The summed E-state index contributed by atoms with van der Waals surface area (Å²) >= 11 is 0. The molecule has 2 aliphatic rings. The van der Waals surface area contributed by atoms with Crippen LogP contribution < -0.4 is 0 Å². The topological polar surface area (TPSA) is 35.5 Å². The molecule has 20 heavy (non-hydrogen) atoms. The minimum atomic E-state index is -2.03. The first-order valence-corrected chi connectivity index (χ1v) is 9.97. The van der Waals surface area contributed by atoms with Crippen molar-refractivity contribution < 1.29 is 14.0 Å². The Labute approximate surface area is 123 Å². The first-order chi connectivity index (χ1) is 9.29. The Hall–Kier alpha value is -0.453. The minimum Gasteiger partial charge on any atom is -0.403 e. The molecule has 1 saturated heterocycles. The molecule has 0 aromatic carbocycles. The van der Waals surface area contributed by atoms with E-state index >= 15 is 0 Å². The van der Waals surface area contributed by atoms with Crippen LogP contribution in [0.2, 0.25) is 16.6 Å². The van der Waals surface area contributed by atoms with Gasteiger partial charge in [-0.3, -0.25) is 4.79 Å². The number of rotatable bonds is 5. The molecule has 3 atom stereocenters. The molecule has 0 aliphatic carbocycles. The monoisotopic (exact) mass is 296 g/mol. The summed E-state index contributed by atoms with van der Waals surface area (Å²) in [6.07, 6.45) is 3.93. The van der Waals surface area contributed by atoms with Crippen molar-refractivity contribution in [2.45, 2.75) is 82.9 Å².